The predicted molar refractivity (Wildman–Crippen MR) is 83.0 cm³/mol. The molecule has 5 nitrogen and oxygen atoms in total. The van der Waals surface area contributed by atoms with Crippen molar-refractivity contribution in [2.75, 3.05) is 19.7 Å². The zero-order valence-corrected chi connectivity index (χ0v) is 13.0. The Balaban J connectivity index is 2.52. The molecule has 3 N–H and O–H groups in total. The molecule has 1 aromatic heterocycles. The van der Waals surface area contributed by atoms with Crippen LogP contribution in [0.15, 0.2) is 16.5 Å². The van der Waals surface area contributed by atoms with Gasteiger partial charge in [0.05, 0.1) is 6.54 Å². The van der Waals surface area contributed by atoms with E-state index in [1.807, 2.05) is 0 Å². The van der Waals surface area contributed by atoms with Crippen molar-refractivity contribution in [1.29, 1.82) is 0 Å². The molecule has 0 bridgehead atoms. The van der Waals surface area contributed by atoms with E-state index >= 15 is 0 Å². The minimum absolute atomic E-state index is 0.0891. The van der Waals surface area contributed by atoms with Crippen LogP contribution in [0.4, 0.5) is 0 Å². The van der Waals surface area contributed by atoms with Gasteiger partial charge in [0.2, 0.25) is 0 Å². The third-order valence-corrected chi connectivity index (χ3v) is 3.48. The van der Waals surface area contributed by atoms with Gasteiger partial charge in [0.15, 0.2) is 5.76 Å². The first-order chi connectivity index (χ1) is 10.2. The lowest BCUT2D eigenvalue weighted by molar-refractivity contribution is 0.0708. The van der Waals surface area contributed by atoms with Gasteiger partial charge in [-0.1, -0.05) is 32.6 Å². The molecule has 5 heteroatoms. The van der Waals surface area contributed by atoms with E-state index in [0.717, 1.165) is 12.8 Å². The van der Waals surface area contributed by atoms with Crippen LogP contribution in [0.5, 0.6) is 0 Å². The van der Waals surface area contributed by atoms with Crippen molar-refractivity contribution in [2.45, 2.75) is 52.0 Å². The van der Waals surface area contributed by atoms with E-state index in [2.05, 4.69) is 6.92 Å². The first kappa shape index (κ1) is 17.7. The summed E-state index contributed by atoms with van der Waals surface area (Å²) in [5, 5.41) is 8.97. The third kappa shape index (κ3) is 6.31. The molecule has 1 rings (SSSR count). The van der Waals surface area contributed by atoms with Crippen LogP contribution in [0.1, 0.15) is 61.8 Å². The van der Waals surface area contributed by atoms with Crippen LogP contribution >= 0.6 is 0 Å². The van der Waals surface area contributed by atoms with Crippen molar-refractivity contribution in [3.8, 4) is 0 Å². The summed E-state index contributed by atoms with van der Waals surface area (Å²) in [6, 6.07) is 3.41. The number of aliphatic hydroxyl groups is 1. The van der Waals surface area contributed by atoms with Crippen molar-refractivity contribution in [3.05, 3.63) is 23.7 Å². The van der Waals surface area contributed by atoms with Crippen molar-refractivity contribution in [3.63, 3.8) is 0 Å². The van der Waals surface area contributed by atoms with Crippen molar-refractivity contribution >= 4 is 5.91 Å². The maximum Gasteiger partial charge on any atom is 0.289 e. The molecule has 1 amide bonds. The minimum atomic E-state index is -0.112. The first-order valence-corrected chi connectivity index (χ1v) is 7.91. The largest absolute Gasteiger partial charge is 0.455 e. The van der Waals surface area contributed by atoms with Gasteiger partial charge >= 0.3 is 0 Å². The van der Waals surface area contributed by atoms with Gasteiger partial charge in [-0.05, 0) is 25.0 Å². The molecule has 0 unspecified atom stereocenters. The van der Waals surface area contributed by atoms with Gasteiger partial charge in [0.1, 0.15) is 5.76 Å². The molecule has 0 spiro atoms. The molecule has 0 fully saturated rings. The Morgan fingerprint density at radius 1 is 1.19 bits per heavy atom. The summed E-state index contributed by atoms with van der Waals surface area (Å²) < 4.78 is 5.42. The number of nitrogens with zero attached hydrogens (tertiary/aromatic N) is 1. The fourth-order valence-corrected chi connectivity index (χ4v) is 2.24. The van der Waals surface area contributed by atoms with E-state index in [1.54, 1.807) is 17.0 Å². The maximum atomic E-state index is 12.4. The number of unbranched alkanes of at least 4 members (excludes halogenated alkanes) is 4. The van der Waals surface area contributed by atoms with Gasteiger partial charge in [0.25, 0.3) is 5.91 Å². The number of nitrogens with two attached hydrogens (primary N) is 1. The summed E-state index contributed by atoms with van der Waals surface area (Å²) in [6.45, 7) is 3.83. The highest BCUT2D eigenvalue weighted by atomic mass is 16.4. The quantitative estimate of drug-likeness (QED) is 0.615. The normalized spacial score (nSPS) is 10.8. The fourth-order valence-electron chi connectivity index (χ4n) is 2.24. The van der Waals surface area contributed by atoms with Crippen LogP contribution < -0.4 is 5.73 Å². The molecule has 0 aliphatic heterocycles. The summed E-state index contributed by atoms with van der Waals surface area (Å²) in [4.78, 5) is 14.2. The zero-order chi connectivity index (χ0) is 15.5. The second-order valence-corrected chi connectivity index (χ2v) is 5.25. The summed E-state index contributed by atoms with van der Waals surface area (Å²) in [6.07, 6.45) is 6.36. The minimum Gasteiger partial charge on any atom is -0.455 e. The predicted octanol–water partition coefficient (Wildman–Crippen LogP) is 2.53. The molecule has 1 aromatic rings. The molecule has 21 heavy (non-hydrogen) atoms. The molecule has 0 saturated heterocycles. The summed E-state index contributed by atoms with van der Waals surface area (Å²) in [5.41, 5.74) is 5.49. The Hall–Kier alpha value is -1.33. The number of carbonyl (C=O) groups excluding carboxylic acids is 1. The number of aliphatic hydroxyl groups excluding tert-OH is 1. The van der Waals surface area contributed by atoms with Crippen molar-refractivity contribution in [2.24, 2.45) is 5.73 Å². The molecule has 0 aromatic carbocycles. The molecular weight excluding hydrogens is 268 g/mol. The highest BCUT2D eigenvalue weighted by Gasteiger charge is 2.18. The summed E-state index contributed by atoms with van der Waals surface area (Å²) >= 11 is 0. The molecule has 0 atom stereocenters. The second kappa shape index (κ2) is 10.4. The summed E-state index contributed by atoms with van der Waals surface area (Å²) in [5.74, 6) is 0.837. The third-order valence-electron chi connectivity index (χ3n) is 3.48. The number of hydrogen-bond donors (Lipinski definition) is 2. The fraction of sp³-hybridized carbons (Fsp3) is 0.688. The topological polar surface area (TPSA) is 79.7 Å². The van der Waals surface area contributed by atoms with E-state index in [0.29, 0.717) is 37.6 Å². The molecule has 120 valence electrons. The van der Waals surface area contributed by atoms with Crippen LogP contribution in [0.25, 0.3) is 0 Å². The molecule has 0 radical (unpaired) electrons. The maximum absolute atomic E-state index is 12.4. The number of furan rings is 1. The van der Waals surface area contributed by atoms with Gasteiger partial charge < -0.3 is 20.2 Å². The molecule has 0 aliphatic rings. The SMILES string of the molecule is CCCCCCCN(CCCO)C(=O)c1ccc(CN)o1. The lowest BCUT2D eigenvalue weighted by atomic mass is 10.1. The van der Waals surface area contributed by atoms with Crippen LogP contribution in [-0.2, 0) is 6.54 Å². The van der Waals surface area contributed by atoms with Gasteiger partial charge in [-0.25, -0.2) is 0 Å². The Bertz CT molecular complexity index is 404. The van der Waals surface area contributed by atoms with E-state index in [1.165, 1.54) is 19.3 Å². The number of hydrogen-bond acceptors (Lipinski definition) is 4. The van der Waals surface area contributed by atoms with Gasteiger partial charge in [0, 0.05) is 19.7 Å². The summed E-state index contributed by atoms with van der Waals surface area (Å²) in [7, 11) is 0. The average molecular weight is 296 g/mol. The lowest BCUT2D eigenvalue weighted by Gasteiger charge is -2.21. The van der Waals surface area contributed by atoms with Gasteiger partial charge in [-0.15, -0.1) is 0 Å². The van der Waals surface area contributed by atoms with Crippen LogP contribution in [-0.4, -0.2) is 35.6 Å². The number of amides is 1. The van der Waals surface area contributed by atoms with E-state index in [9.17, 15) is 4.79 Å². The molecule has 0 saturated carbocycles. The van der Waals surface area contributed by atoms with Crippen LogP contribution in [0, 0.1) is 0 Å². The zero-order valence-electron chi connectivity index (χ0n) is 13.0. The Kier molecular flexibility index (Phi) is 8.78. The van der Waals surface area contributed by atoms with Crippen molar-refractivity contribution < 1.29 is 14.3 Å². The van der Waals surface area contributed by atoms with Crippen LogP contribution in [0.3, 0.4) is 0 Å². The van der Waals surface area contributed by atoms with Crippen molar-refractivity contribution in [1.82, 2.24) is 4.90 Å². The monoisotopic (exact) mass is 296 g/mol. The Morgan fingerprint density at radius 3 is 2.52 bits per heavy atom. The second-order valence-electron chi connectivity index (χ2n) is 5.25. The lowest BCUT2D eigenvalue weighted by Crippen LogP contribution is -2.33. The van der Waals surface area contributed by atoms with E-state index in [-0.39, 0.29) is 12.5 Å². The number of carbonyl (C=O) groups is 1. The van der Waals surface area contributed by atoms with E-state index in [4.69, 9.17) is 15.3 Å². The highest BCUT2D eigenvalue weighted by molar-refractivity contribution is 5.91. The van der Waals surface area contributed by atoms with Gasteiger partial charge in [-0.2, -0.15) is 0 Å². The Morgan fingerprint density at radius 2 is 1.90 bits per heavy atom. The smallest absolute Gasteiger partial charge is 0.289 e. The number of rotatable bonds is 11. The average Bonchev–Trinajstić information content (AvgIpc) is 2.98. The van der Waals surface area contributed by atoms with E-state index < -0.39 is 0 Å². The first-order valence-electron chi connectivity index (χ1n) is 7.91. The highest BCUT2D eigenvalue weighted by Crippen LogP contribution is 2.12. The van der Waals surface area contributed by atoms with Crippen LogP contribution in [0.2, 0.25) is 0 Å². The van der Waals surface area contributed by atoms with Gasteiger partial charge in [-0.3, -0.25) is 4.79 Å². The molecule has 0 aliphatic carbocycles. The Labute approximate surface area is 127 Å². The molecule has 1 heterocycles. The standard InChI is InChI=1S/C16H28N2O3/c1-2-3-4-5-6-10-18(11-7-12-19)16(20)15-9-8-14(13-17)21-15/h8-9,19H,2-7,10-13,17H2,1H3. The molecular formula is C16H28N2O3.